The molecule has 0 aliphatic heterocycles. The molecular formula is C19H40. The Hall–Kier alpha value is 0. The summed E-state index contributed by atoms with van der Waals surface area (Å²) in [5.74, 6) is 2.04. The maximum atomic E-state index is 2.36. The highest BCUT2D eigenvalue weighted by molar-refractivity contribution is 4.67. The summed E-state index contributed by atoms with van der Waals surface area (Å²) in [6.07, 6.45) is 18.8. The molecule has 116 valence electrons. The van der Waals surface area contributed by atoms with Crippen molar-refractivity contribution in [2.75, 3.05) is 0 Å². The Morgan fingerprint density at radius 2 is 1.00 bits per heavy atom. The quantitative estimate of drug-likeness (QED) is 0.288. The van der Waals surface area contributed by atoms with Crippen LogP contribution in [0.3, 0.4) is 0 Å². The number of unbranched alkanes of at least 4 members (excludes halogenated alkanes) is 4. The molecule has 0 spiro atoms. The molecular weight excluding hydrogens is 228 g/mol. The summed E-state index contributed by atoms with van der Waals surface area (Å²) in [6, 6.07) is 0. The van der Waals surface area contributed by atoms with Crippen LogP contribution in [0.25, 0.3) is 0 Å². The summed E-state index contributed by atoms with van der Waals surface area (Å²) in [5.41, 5.74) is 0. The van der Waals surface area contributed by atoms with E-state index in [1.807, 2.05) is 0 Å². The van der Waals surface area contributed by atoms with Crippen LogP contribution in [0.15, 0.2) is 0 Å². The summed E-state index contributed by atoms with van der Waals surface area (Å²) in [5, 5.41) is 0. The average molecular weight is 269 g/mol. The van der Waals surface area contributed by atoms with Gasteiger partial charge in [-0.05, 0) is 18.3 Å². The van der Waals surface area contributed by atoms with E-state index < -0.39 is 0 Å². The molecule has 0 saturated carbocycles. The first-order chi connectivity index (χ1) is 9.28. The van der Waals surface area contributed by atoms with Crippen LogP contribution in [0.1, 0.15) is 111 Å². The molecule has 0 heteroatoms. The van der Waals surface area contributed by atoms with E-state index >= 15 is 0 Å². The minimum absolute atomic E-state index is 1.02. The first-order valence-corrected chi connectivity index (χ1v) is 9.28. The topological polar surface area (TPSA) is 0 Å². The highest BCUT2D eigenvalue weighted by Crippen LogP contribution is 2.29. The molecule has 0 aliphatic carbocycles. The Kier molecular flexibility index (Phi) is 14.4. The highest BCUT2D eigenvalue weighted by atomic mass is 14.2. The lowest BCUT2D eigenvalue weighted by Crippen LogP contribution is -2.10. The van der Waals surface area contributed by atoms with E-state index in [-0.39, 0.29) is 0 Å². The van der Waals surface area contributed by atoms with Gasteiger partial charge in [-0.25, -0.2) is 0 Å². The third-order valence-electron chi connectivity index (χ3n) is 4.49. The summed E-state index contributed by atoms with van der Waals surface area (Å²) in [6.45, 7) is 9.36. The van der Waals surface area contributed by atoms with Crippen LogP contribution in [0.2, 0.25) is 0 Å². The van der Waals surface area contributed by atoms with Gasteiger partial charge in [0.1, 0.15) is 0 Å². The van der Waals surface area contributed by atoms with Crippen LogP contribution >= 0.6 is 0 Å². The third kappa shape index (κ3) is 11.5. The first-order valence-electron chi connectivity index (χ1n) is 9.28. The van der Waals surface area contributed by atoms with Gasteiger partial charge < -0.3 is 0 Å². The van der Waals surface area contributed by atoms with Crippen molar-refractivity contribution in [1.82, 2.24) is 0 Å². The lowest BCUT2D eigenvalue weighted by Gasteiger charge is -2.23. The highest BCUT2D eigenvalue weighted by Gasteiger charge is 2.15. The van der Waals surface area contributed by atoms with E-state index in [2.05, 4.69) is 27.7 Å². The lowest BCUT2D eigenvalue weighted by molar-refractivity contribution is 0.293. The van der Waals surface area contributed by atoms with E-state index in [0.29, 0.717) is 0 Å². The number of hydrogen-bond acceptors (Lipinski definition) is 0. The molecule has 0 rings (SSSR count). The second-order valence-corrected chi connectivity index (χ2v) is 6.54. The molecule has 2 unspecified atom stereocenters. The predicted octanol–water partition coefficient (Wildman–Crippen LogP) is 7.37. The number of rotatable bonds is 14. The van der Waals surface area contributed by atoms with Crippen molar-refractivity contribution < 1.29 is 0 Å². The van der Waals surface area contributed by atoms with Crippen LogP contribution in [0, 0.1) is 11.8 Å². The van der Waals surface area contributed by atoms with Gasteiger partial charge in [0.2, 0.25) is 0 Å². The molecule has 0 amide bonds. The molecule has 0 N–H and O–H groups in total. The minimum Gasteiger partial charge on any atom is -0.0654 e. The summed E-state index contributed by atoms with van der Waals surface area (Å²) >= 11 is 0. The summed E-state index contributed by atoms with van der Waals surface area (Å²) in [7, 11) is 0. The van der Waals surface area contributed by atoms with Gasteiger partial charge in [-0.2, -0.15) is 0 Å². The third-order valence-corrected chi connectivity index (χ3v) is 4.49. The Bertz CT molecular complexity index is 161. The largest absolute Gasteiger partial charge is 0.0654 e. The van der Waals surface area contributed by atoms with E-state index in [9.17, 15) is 0 Å². The Balaban J connectivity index is 4.02. The Morgan fingerprint density at radius 3 is 1.47 bits per heavy atom. The van der Waals surface area contributed by atoms with Crippen LogP contribution < -0.4 is 0 Å². The summed E-state index contributed by atoms with van der Waals surface area (Å²) < 4.78 is 0. The maximum Gasteiger partial charge on any atom is -0.0412 e. The van der Waals surface area contributed by atoms with Crippen LogP contribution in [0.5, 0.6) is 0 Å². The zero-order valence-corrected chi connectivity index (χ0v) is 14.3. The zero-order valence-electron chi connectivity index (χ0n) is 14.3. The first kappa shape index (κ1) is 19.0. The van der Waals surface area contributed by atoms with Gasteiger partial charge in [0.25, 0.3) is 0 Å². The number of hydrogen-bond donors (Lipinski definition) is 0. The van der Waals surface area contributed by atoms with Crippen molar-refractivity contribution in [3.63, 3.8) is 0 Å². The van der Waals surface area contributed by atoms with Crippen LogP contribution in [-0.2, 0) is 0 Å². The molecule has 0 aromatic rings. The molecule has 0 heterocycles. The second kappa shape index (κ2) is 14.4. The molecule has 19 heavy (non-hydrogen) atoms. The van der Waals surface area contributed by atoms with Crippen LogP contribution in [0.4, 0.5) is 0 Å². The average Bonchev–Trinajstić information content (AvgIpc) is 2.41. The van der Waals surface area contributed by atoms with Gasteiger partial charge in [0, 0.05) is 0 Å². The normalized spacial score (nSPS) is 14.5. The lowest BCUT2D eigenvalue weighted by atomic mass is 9.83. The van der Waals surface area contributed by atoms with E-state index in [4.69, 9.17) is 0 Å². The van der Waals surface area contributed by atoms with Gasteiger partial charge in [0.05, 0.1) is 0 Å². The molecule has 0 fully saturated rings. The fraction of sp³-hybridized carbons (Fsp3) is 1.00. The van der Waals surface area contributed by atoms with Crippen molar-refractivity contribution >= 4 is 0 Å². The second-order valence-electron chi connectivity index (χ2n) is 6.54. The Labute approximate surface area is 123 Å². The van der Waals surface area contributed by atoms with Crippen molar-refractivity contribution in [2.24, 2.45) is 11.8 Å². The standard InChI is InChI=1S/C19H40/c1-5-9-11-12-16-19(14-8-4)17-18(13-7-3)15-10-6-2/h18-19H,5-17H2,1-4H3. The fourth-order valence-corrected chi connectivity index (χ4v) is 3.40. The predicted molar refractivity (Wildman–Crippen MR) is 89.7 cm³/mol. The maximum absolute atomic E-state index is 2.36. The minimum atomic E-state index is 1.02. The molecule has 0 saturated heterocycles. The molecule has 0 aromatic carbocycles. The smallest absolute Gasteiger partial charge is 0.0412 e. The van der Waals surface area contributed by atoms with E-state index in [1.165, 1.54) is 83.5 Å². The monoisotopic (exact) mass is 268 g/mol. The van der Waals surface area contributed by atoms with E-state index in [1.54, 1.807) is 0 Å². The van der Waals surface area contributed by atoms with Gasteiger partial charge in [-0.15, -0.1) is 0 Å². The van der Waals surface area contributed by atoms with Crippen molar-refractivity contribution in [3.8, 4) is 0 Å². The van der Waals surface area contributed by atoms with Crippen molar-refractivity contribution in [1.29, 1.82) is 0 Å². The van der Waals surface area contributed by atoms with Gasteiger partial charge in [-0.3, -0.25) is 0 Å². The van der Waals surface area contributed by atoms with Gasteiger partial charge in [0.15, 0.2) is 0 Å². The Morgan fingerprint density at radius 1 is 0.474 bits per heavy atom. The molecule has 2 atom stereocenters. The van der Waals surface area contributed by atoms with Crippen LogP contribution in [-0.4, -0.2) is 0 Å². The summed E-state index contributed by atoms with van der Waals surface area (Å²) in [4.78, 5) is 0. The van der Waals surface area contributed by atoms with Gasteiger partial charge in [-0.1, -0.05) is 105 Å². The van der Waals surface area contributed by atoms with Crippen molar-refractivity contribution in [2.45, 2.75) is 111 Å². The molecule has 0 nitrogen and oxygen atoms in total. The zero-order chi connectivity index (χ0) is 14.3. The molecule has 0 aliphatic rings. The molecule has 0 radical (unpaired) electrons. The van der Waals surface area contributed by atoms with E-state index in [0.717, 1.165) is 11.8 Å². The molecule has 0 aromatic heterocycles. The van der Waals surface area contributed by atoms with Gasteiger partial charge >= 0.3 is 0 Å². The van der Waals surface area contributed by atoms with Crippen molar-refractivity contribution in [3.05, 3.63) is 0 Å². The molecule has 0 bridgehead atoms. The SMILES string of the molecule is CCCCCCC(CCC)CC(CCC)CCCC. The fourth-order valence-electron chi connectivity index (χ4n) is 3.40.